The zero-order valence-electron chi connectivity index (χ0n) is 5.87. The fourth-order valence-corrected chi connectivity index (χ4v) is 4.50. The minimum atomic E-state index is -1.84. The predicted molar refractivity (Wildman–Crippen MR) is 47.8 cm³/mol. The van der Waals surface area contributed by atoms with Gasteiger partial charge < -0.3 is 0 Å². The molecule has 0 N–H and O–H groups in total. The van der Waals surface area contributed by atoms with E-state index in [1.165, 1.54) is 25.7 Å². The van der Waals surface area contributed by atoms with Crippen molar-refractivity contribution in [3.63, 3.8) is 0 Å². The molecule has 3 heteroatoms. The molecule has 0 aromatic carbocycles. The summed E-state index contributed by atoms with van der Waals surface area (Å²) in [4.78, 5) is 0. The molecule has 0 aromatic rings. The van der Waals surface area contributed by atoms with Crippen LogP contribution in [0.1, 0.15) is 32.6 Å². The number of halogens is 2. The Bertz CT molecular complexity index is 57.0. The average Bonchev–Trinajstić information content (AvgIpc) is 1.80. The Morgan fingerprint density at radius 2 is 1.78 bits per heavy atom. The van der Waals surface area contributed by atoms with Crippen molar-refractivity contribution in [2.75, 3.05) is 0 Å². The predicted octanol–water partition coefficient (Wildman–Crippen LogP) is 3.26. The molecule has 0 aromatic heterocycles. The number of hydrogen-bond donors (Lipinski definition) is 0. The van der Waals surface area contributed by atoms with Gasteiger partial charge in [0.1, 0.15) is 0 Å². The van der Waals surface area contributed by atoms with E-state index in [1.807, 2.05) is 0 Å². The minimum absolute atomic E-state index is 1.16. The maximum absolute atomic E-state index is 5.73. The molecule has 0 heterocycles. The summed E-state index contributed by atoms with van der Waals surface area (Å²) in [5.41, 5.74) is 0. The van der Waals surface area contributed by atoms with Crippen LogP contribution in [0.25, 0.3) is 0 Å². The second-order valence-electron chi connectivity index (χ2n) is 2.24. The van der Waals surface area contributed by atoms with E-state index in [2.05, 4.69) is 6.92 Å². The first-order valence-corrected chi connectivity index (χ1v) is 14.2. The van der Waals surface area contributed by atoms with Crippen molar-refractivity contribution in [1.29, 1.82) is 0 Å². The van der Waals surface area contributed by atoms with Gasteiger partial charge in [0.25, 0.3) is 0 Å². The summed E-state index contributed by atoms with van der Waals surface area (Å²) in [5.74, 6) is 0. The topological polar surface area (TPSA) is 0 Å². The standard InChI is InChI=1S/C6H13.2ClH.Sn.H/c1-3-5-6-4-2;;;;/h1,3-6H2,2H3;2*1H;;/q;;;+2;/p-2. The molecule has 0 aliphatic heterocycles. The fraction of sp³-hybridized carbons (Fsp3) is 1.00. The molecular formula is C6H14Cl2Sn. The van der Waals surface area contributed by atoms with E-state index in [4.69, 9.17) is 17.8 Å². The molecule has 0 radical (unpaired) electrons. The average molecular weight is 276 g/mol. The number of hydrogen-bond acceptors (Lipinski definition) is 0. The van der Waals surface area contributed by atoms with Gasteiger partial charge in [0.2, 0.25) is 0 Å². The van der Waals surface area contributed by atoms with Crippen molar-refractivity contribution < 1.29 is 0 Å². The van der Waals surface area contributed by atoms with Gasteiger partial charge in [-0.1, -0.05) is 0 Å². The van der Waals surface area contributed by atoms with Crippen molar-refractivity contribution in [3.8, 4) is 0 Å². The third-order valence-corrected chi connectivity index (χ3v) is 6.61. The summed E-state index contributed by atoms with van der Waals surface area (Å²) in [6.07, 6.45) is 5.22. The molecule has 0 rings (SSSR count). The van der Waals surface area contributed by atoms with Crippen LogP contribution >= 0.6 is 17.8 Å². The summed E-state index contributed by atoms with van der Waals surface area (Å²) < 4.78 is 1.16. The second kappa shape index (κ2) is 7.49. The number of unbranched alkanes of at least 4 members (excludes halogenated alkanes) is 3. The van der Waals surface area contributed by atoms with E-state index < -0.39 is 17.5 Å². The normalized spacial score (nSPS) is 10.7. The summed E-state index contributed by atoms with van der Waals surface area (Å²) in [7, 11) is 11.5. The monoisotopic (exact) mass is 276 g/mol. The molecule has 9 heavy (non-hydrogen) atoms. The van der Waals surface area contributed by atoms with Gasteiger partial charge in [0, 0.05) is 0 Å². The van der Waals surface area contributed by atoms with Crippen LogP contribution < -0.4 is 0 Å². The van der Waals surface area contributed by atoms with Gasteiger partial charge in [-0.2, -0.15) is 0 Å². The Hall–Kier alpha value is 1.38. The quantitative estimate of drug-likeness (QED) is 0.534. The van der Waals surface area contributed by atoms with Crippen molar-refractivity contribution in [2.24, 2.45) is 0 Å². The number of rotatable bonds is 5. The van der Waals surface area contributed by atoms with E-state index >= 15 is 0 Å². The Labute approximate surface area is 72.1 Å². The van der Waals surface area contributed by atoms with Gasteiger partial charge in [-0.05, 0) is 0 Å². The van der Waals surface area contributed by atoms with E-state index in [1.54, 1.807) is 0 Å². The fourth-order valence-electron chi connectivity index (χ4n) is 0.725. The molecule has 56 valence electrons. The molecule has 0 unspecified atom stereocenters. The Morgan fingerprint density at radius 1 is 1.11 bits per heavy atom. The molecule has 0 amide bonds. The van der Waals surface area contributed by atoms with E-state index in [0.717, 1.165) is 4.44 Å². The molecule has 0 aliphatic rings. The van der Waals surface area contributed by atoms with Gasteiger partial charge in [0.15, 0.2) is 0 Å². The van der Waals surface area contributed by atoms with Crippen LogP contribution in [0.4, 0.5) is 0 Å². The van der Waals surface area contributed by atoms with Crippen LogP contribution in [-0.2, 0) is 0 Å². The summed E-state index contributed by atoms with van der Waals surface area (Å²) in [5, 5.41) is 0. The molecule has 0 bridgehead atoms. The van der Waals surface area contributed by atoms with Crippen LogP contribution in [0, 0.1) is 0 Å². The van der Waals surface area contributed by atoms with Crippen molar-refractivity contribution in [2.45, 2.75) is 37.0 Å². The van der Waals surface area contributed by atoms with Crippen LogP contribution in [0.15, 0.2) is 0 Å². The third-order valence-electron chi connectivity index (χ3n) is 1.28. The van der Waals surface area contributed by atoms with Crippen molar-refractivity contribution in [1.82, 2.24) is 0 Å². The Balaban J connectivity index is 2.75. The van der Waals surface area contributed by atoms with Crippen LogP contribution in [0.5, 0.6) is 0 Å². The van der Waals surface area contributed by atoms with E-state index in [-0.39, 0.29) is 0 Å². The molecule has 0 saturated heterocycles. The molecule has 0 spiro atoms. The summed E-state index contributed by atoms with van der Waals surface area (Å²) in [6, 6.07) is 0. The van der Waals surface area contributed by atoms with Gasteiger partial charge in [-0.3, -0.25) is 0 Å². The molecule has 0 fully saturated rings. The zero-order valence-corrected chi connectivity index (χ0v) is 10.7. The zero-order chi connectivity index (χ0) is 7.11. The molecule has 0 aliphatic carbocycles. The third kappa shape index (κ3) is 9.38. The van der Waals surface area contributed by atoms with Gasteiger partial charge in [0.05, 0.1) is 0 Å². The SMILES string of the molecule is CCCCC[CH2][SnH]([Cl])[Cl]. The molecule has 0 nitrogen and oxygen atoms in total. The first-order chi connectivity index (χ1) is 4.27. The second-order valence-corrected chi connectivity index (χ2v) is 14.7. The summed E-state index contributed by atoms with van der Waals surface area (Å²) >= 11 is -1.84. The Kier molecular flexibility index (Phi) is 8.63. The Morgan fingerprint density at radius 3 is 2.22 bits per heavy atom. The van der Waals surface area contributed by atoms with E-state index in [9.17, 15) is 0 Å². The maximum atomic E-state index is 5.73. The van der Waals surface area contributed by atoms with Crippen molar-refractivity contribution >= 4 is 35.3 Å². The summed E-state index contributed by atoms with van der Waals surface area (Å²) in [6.45, 7) is 2.21. The molecule has 0 atom stereocenters. The van der Waals surface area contributed by atoms with Crippen LogP contribution in [-0.4, -0.2) is 17.5 Å². The molecule has 0 saturated carbocycles. The van der Waals surface area contributed by atoms with Gasteiger partial charge >= 0.3 is 72.4 Å². The van der Waals surface area contributed by atoms with E-state index in [0.29, 0.717) is 0 Å². The van der Waals surface area contributed by atoms with Gasteiger partial charge in [-0.15, -0.1) is 0 Å². The first-order valence-electron chi connectivity index (χ1n) is 3.55. The van der Waals surface area contributed by atoms with Crippen molar-refractivity contribution in [3.05, 3.63) is 0 Å². The van der Waals surface area contributed by atoms with Crippen LogP contribution in [0.2, 0.25) is 4.44 Å². The molecular weight excluding hydrogens is 262 g/mol. The van der Waals surface area contributed by atoms with Crippen LogP contribution in [0.3, 0.4) is 0 Å². The first kappa shape index (κ1) is 10.4. The van der Waals surface area contributed by atoms with Gasteiger partial charge in [-0.25, -0.2) is 0 Å².